The number of carboxylic acid groups (broad SMARTS) is 1. The summed E-state index contributed by atoms with van der Waals surface area (Å²) in [6.45, 7) is 7.82. The van der Waals surface area contributed by atoms with Gasteiger partial charge in [-0.05, 0) is 25.2 Å². The number of piperidine rings is 1. The van der Waals surface area contributed by atoms with Gasteiger partial charge in [0.05, 0.1) is 19.3 Å². The lowest BCUT2D eigenvalue weighted by molar-refractivity contribution is -0.148. The number of carboxylic acids is 1. The molecule has 0 aromatic rings. The van der Waals surface area contributed by atoms with Crippen molar-refractivity contribution in [1.29, 1.82) is 0 Å². The zero-order valence-corrected chi connectivity index (χ0v) is 12.4. The summed E-state index contributed by atoms with van der Waals surface area (Å²) in [7, 11) is 0. The van der Waals surface area contributed by atoms with E-state index < -0.39 is 17.4 Å². The molecule has 0 spiro atoms. The molecule has 20 heavy (non-hydrogen) atoms. The highest BCUT2D eigenvalue weighted by Gasteiger charge is 2.47. The summed E-state index contributed by atoms with van der Waals surface area (Å²) in [6.07, 6.45) is 0.992. The molecule has 6 heteroatoms. The van der Waals surface area contributed by atoms with Gasteiger partial charge in [-0.15, -0.1) is 0 Å². The number of likely N-dealkylation sites (tertiary alicyclic amines) is 1. The van der Waals surface area contributed by atoms with Crippen LogP contribution < -0.4 is 5.32 Å². The fourth-order valence-electron chi connectivity index (χ4n) is 2.77. The second-order valence-corrected chi connectivity index (χ2v) is 6.43. The van der Waals surface area contributed by atoms with E-state index in [9.17, 15) is 14.7 Å². The normalized spacial score (nSPS) is 37.8. The van der Waals surface area contributed by atoms with E-state index in [0.29, 0.717) is 11.8 Å². The van der Waals surface area contributed by atoms with Crippen LogP contribution in [0, 0.1) is 17.3 Å². The summed E-state index contributed by atoms with van der Waals surface area (Å²) < 4.78 is 5.25. The van der Waals surface area contributed by atoms with Gasteiger partial charge in [-0.25, -0.2) is 4.79 Å². The minimum atomic E-state index is -1.04. The van der Waals surface area contributed by atoms with Gasteiger partial charge in [0, 0.05) is 13.1 Å². The van der Waals surface area contributed by atoms with Crippen LogP contribution in [0.4, 0.5) is 4.79 Å². The van der Waals surface area contributed by atoms with Crippen molar-refractivity contribution in [1.82, 2.24) is 10.2 Å². The number of nitrogens with one attached hydrogen (secondary N) is 1. The molecule has 6 nitrogen and oxygen atoms in total. The smallest absolute Gasteiger partial charge is 0.317 e. The molecule has 0 radical (unpaired) electrons. The topological polar surface area (TPSA) is 78.9 Å². The molecular weight excluding hydrogens is 260 g/mol. The van der Waals surface area contributed by atoms with Crippen molar-refractivity contribution in [3.63, 3.8) is 0 Å². The van der Waals surface area contributed by atoms with Gasteiger partial charge in [0.25, 0.3) is 0 Å². The van der Waals surface area contributed by atoms with Crippen LogP contribution in [-0.2, 0) is 9.53 Å². The highest BCUT2D eigenvalue weighted by atomic mass is 16.5. The maximum atomic E-state index is 12.3. The third-order valence-electron chi connectivity index (χ3n) is 4.86. The summed E-state index contributed by atoms with van der Waals surface area (Å²) >= 11 is 0. The molecule has 2 rings (SSSR count). The second-order valence-electron chi connectivity index (χ2n) is 6.43. The van der Waals surface area contributed by atoms with Crippen LogP contribution in [0.2, 0.25) is 0 Å². The van der Waals surface area contributed by atoms with E-state index in [-0.39, 0.29) is 19.2 Å². The Bertz CT molecular complexity index is 401. The molecule has 114 valence electrons. The monoisotopic (exact) mass is 284 g/mol. The van der Waals surface area contributed by atoms with E-state index in [1.807, 2.05) is 0 Å². The molecule has 2 amide bonds. The van der Waals surface area contributed by atoms with Gasteiger partial charge in [-0.3, -0.25) is 4.79 Å². The first-order chi connectivity index (χ1) is 9.34. The van der Waals surface area contributed by atoms with Gasteiger partial charge in [-0.1, -0.05) is 13.8 Å². The molecule has 0 aromatic carbocycles. The van der Waals surface area contributed by atoms with Crippen LogP contribution in [0.1, 0.15) is 27.2 Å². The van der Waals surface area contributed by atoms with Gasteiger partial charge in [0.1, 0.15) is 5.41 Å². The van der Waals surface area contributed by atoms with E-state index in [1.165, 1.54) is 0 Å². The van der Waals surface area contributed by atoms with Crippen molar-refractivity contribution in [2.45, 2.75) is 33.2 Å². The van der Waals surface area contributed by atoms with Gasteiger partial charge >= 0.3 is 12.0 Å². The standard InChI is InChI=1S/C14H24N2O4/c1-9-4-5-16(6-10(9)2)13(19)15-11-7-20-8-14(11,3)12(17)18/h9-11H,4-8H2,1-3H3,(H,15,19)(H,17,18). The number of aliphatic carboxylic acids is 1. The molecule has 4 atom stereocenters. The predicted octanol–water partition coefficient (Wildman–Crippen LogP) is 1.16. The first-order valence-corrected chi connectivity index (χ1v) is 7.21. The first-order valence-electron chi connectivity index (χ1n) is 7.21. The number of carbonyl (C=O) groups is 2. The van der Waals surface area contributed by atoms with Crippen molar-refractivity contribution < 1.29 is 19.4 Å². The van der Waals surface area contributed by atoms with Crippen molar-refractivity contribution in [3.8, 4) is 0 Å². The first kappa shape index (κ1) is 15.1. The van der Waals surface area contributed by atoms with E-state index in [0.717, 1.165) is 19.5 Å². The minimum Gasteiger partial charge on any atom is -0.481 e. The van der Waals surface area contributed by atoms with Gasteiger partial charge < -0.3 is 20.1 Å². The van der Waals surface area contributed by atoms with Crippen LogP contribution in [-0.4, -0.2) is 54.4 Å². The fourth-order valence-corrected chi connectivity index (χ4v) is 2.77. The molecule has 0 saturated carbocycles. The Kier molecular flexibility index (Phi) is 4.22. The number of hydrogen-bond donors (Lipinski definition) is 2. The maximum Gasteiger partial charge on any atom is 0.317 e. The third-order valence-corrected chi connectivity index (χ3v) is 4.86. The highest BCUT2D eigenvalue weighted by molar-refractivity contribution is 5.79. The summed E-state index contributed by atoms with van der Waals surface area (Å²) in [5.74, 6) is 0.166. The van der Waals surface area contributed by atoms with Gasteiger partial charge in [0.2, 0.25) is 0 Å². The molecule has 2 heterocycles. The third kappa shape index (κ3) is 2.75. The number of carbonyl (C=O) groups excluding carboxylic acids is 1. The van der Waals surface area contributed by atoms with Crippen LogP contribution in [0.15, 0.2) is 0 Å². The number of hydrogen-bond acceptors (Lipinski definition) is 3. The molecule has 2 saturated heterocycles. The number of nitrogens with zero attached hydrogens (tertiary/aromatic N) is 1. The van der Waals surface area contributed by atoms with Gasteiger partial charge in [0.15, 0.2) is 0 Å². The number of urea groups is 1. The fraction of sp³-hybridized carbons (Fsp3) is 0.857. The average Bonchev–Trinajstić information content (AvgIpc) is 2.75. The largest absolute Gasteiger partial charge is 0.481 e. The zero-order chi connectivity index (χ0) is 14.9. The number of ether oxygens (including phenoxy) is 1. The van der Waals surface area contributed by atoms with Crippen LogP contribution in [0.5, 0.6) is 0 Å². The Balaban J connectivity index is 1.96. The Morgan fingerprint density at radius 1 is 1.35 bits per heavy atom. The Morgan fingerprint density at radius 3 is 2.65 bits per heavy atom. The molecule has 2 N–H and O–H groups in total. The number of rotatable bonds is 2. The molecule has 0 aliphatic carbocycles. The molecule has 4 unspecified atom stereocenters. The zero-order valence-electron chi connectivity index (χ0n) is 12.4. The van der Waals surface area contributed by atoms with Crippen molar-refractivity contribution in [2.75, 3.05) is 26.3 Å². The van der Waals surface area contributed by atoms with Crippen molar-refractivity contribution in [2.24, 2.45) is 17.3 Å². The Hall–Kier alpha value is -1.30. The second kappa shape index (κ2) is 5.60. The lowest BCUT2D eigenvalue weighted by atomic mass is 9.85. The summed E-state index contributed by atoms with van der Waals surface area (Å²) in [5, 5.41) is 12.1. The Morgan fingerprint density at radius 2 is 2.05 bits per heavy atom. The SMILES string of the molecule is CC1CCN(C(=O)NC2COCC2(C)C(=O)O)CC1C. The van der Waals surface area contributed by atoms with Crippen LogP contribution in [0.3, 0.4) is 0 Å². The average molecular weight is 284 g/mol. The van der Waals surface area contributed by atoms with Crippen LogP contribution in [0.25, 0.3) is 0 Å². The lowest BCUT2D eigenvalue weighted by Gasteiger charge is -2.36. The molecule has 2 aliphatic rings. The van der Waals surface area contributed by atoms with E-state index in [1.54, 1.807) is 11.8 Å². The molecular formula is C14H24N2O4. The van der Waals surface area contributed by atoms with E-state index in [2.05, 4.69) is 19.2 Å². The quantitative estimate of drug-likeness (QED) is 0.797. The highest BCUT2D eigenvalue weighted by Crippen LogP contribution is 2.29. The molecule has 2 fully saturated rings. The van der Waals surface area contributed by atoms with Crippen molar-refractivity contribution in [3.05, 3.63) is 0 Å². The van der Waals surface area contributed by atoms with Crippen LogP contribution >= 0.6 is 0 Å². The predicted molar refractivity (Wildman–Crippen MR) is 73.4 cm³/mol. The van der Waals surface area contributed by atoms with E-state index >= 15 is 0 Å². The number of amides is 2. The Labute approximate surface area is 119 Å². The summed E-state index contributed by atoms with van der Waals surface area (Å²) in [6, 6.07) is -0.645. The summed E-state index contributed by atoms with van der Waals surface area (Å²) in [4.78, 5) is 25.4. The molecule has 0 aromatic heterocycles. The minimum absolute atomic E-state index is 0.140. The van der Waals surface area contributed by atoms with Crippen molar-refractivity contribution >= 4 is 12.0 Å². The lowest BCUT2D eigenvalue weighted by Crippen LogP contribution is -2.55. The molecule has 2 aliphatic heterocycles. The molecule has 0 bridgehead atoms. The van der Waals surface area contributed by atoms with Gasteiger partial charge in [-0.2, -0.15) is 0 Å². The summed E-state index contributed by atoms with van der Waals surface area (Å²) in [5.41, 5.74) is -1.04. The van der Waals surface area contributed by atoms with E-state index in [4.69, 9.17) is 4.74 Å². The maximum absolute atomic E-state index is 12.3.